The van der Waals surface area contributed by atoms with Gasteiger partial charge in [0, 0.05) is 13.1 Å². The van der Waals surface area contributed by atoms with Crippen LogP contribution in [-0.2, 0) is 0 Å². The molecule has 0 spiro atoms. The molecule has 0 fully saturated rings. The Balaban J connectivity index is 2.94. The van der Waals surface area contributed by atoms with Crippen LogP contribution in [0.3, 0.4) is 0 Å². The van der Waals surface area contributed by atoms with Gasteiger partial charge in [-0.1, -0.05) is 19.4 Å². The van der Waals surface area contributed by atoms with Crippen molar-refractivity contribution in [1.82, 2.24) is 4.90 Å². The van der Waals surface area contributed by atoms with Crippen LogP contribution < -0.4 is 0 Å². The molecule has 3 N–H and O–H groups in total. The molecule has 0 heterocycles. The maximum atomic E-state index is 12.2. The number of nitrogens with zero attached hydrogens (tertiary/aromatic N) is 1. The third kappa shape index (κ3) is 3.37. The second-order valence-corrected chi connectivity index (χ2v) is 4.04. The standard InChI is InChI=1S/C13H19NO4/c1-2-3-7-14(8-9-15)13(18)12-10(16)5-4-6-11(12)17/h4-6,15-17H,2-3,7-9H2,1H3. The molecule has 1 aromatic rings. The van der Waals surface area contributed by atoms with E-state index in [1.807, 2.05) is 6.92 Å². The highest BCUT2D eigenvalue weighted by atomic mass is 16.3. The van der Waals surface area contributed by atoms with Crippen LogP contribution in [0, 0.1) is 0 Å². The van der Waals surface area contributed by atoms with Crippen LogP contribution >= 0.6 is 0 Å². The minimum absolute atomic E-state index is 0.109. The van der Waals surface area contributed by atoms with Crippen LogP contribution in [0.25, 0.3) is 0 Å². The molecular weight excluding hydrogens is 234 g/mol. The quantitative estimate of drug-likeness (QED) is 0.714. The molecule has 0 aliphatic carbocycles. The summed E-state index contributed by atoms with van der Waals surface area (Å²) in [6, 6.07) is 4.16. The van der Waals surface area contributed by atoms with Crippen molar-refractivity contribution in [2.45, 2.75) is 19.8 Å². The van der Waals surface area contributed by atoms with E-state index in [2.05, 4.69) is 0 Å². The summed E-state index contributed by atoms with van der Waals surface area (Å²) in [5, 5.41) is 28.2. The molecule has 0 bridgehead atoms. The predicted octanol–water partition coefficient (Wildman–Crippen LogP) is 1.33. The highest BCUT2D eigenvalue weighted by Crippen LogP contribution is 2.27. The number of aromatic hydroxyl groups is 2. The topological polar surface area (TPSA) is 81.0 Å². The molecule has 100 valence electrons. The van der Waals surface area contributed by atoms with E-state index >= 15 is 0 Å². The minimum atomic E-state index is -0.465. The maximum Gasteiger partial charge on any atom is 0.261 e. The van der Waals surface area contributed by atoms with Crippen LogP contribution in [0.1, 0.15) is 30.1 Å². The van der Waals surface area contributed by atoms with Crippen molar-refractivity contribution in [3.8, 4) is 11.5 Å². The molecule has 0 saturated carbocycles. The Kier molecular flexibility index (Phi) is 5.45. The van der Waals surface area contributed by atoms with Crippen molar-refractivity contribution >= 4 is 5.91 Å². The zero-order valence-corrected chi connectivity index (χ0v) is 10.5. The molecule has 1 aromatic carbocycles. The molecule has 1 rings (SSSR count). The minimum Gasteiger partial charge on any atom is -0.507 e. The number of unbranched alkanes of at least 4 members (excludes halogenated alkanes) is 1. The molecule has 18 heavy (non-hydrogen) atoms. The zero-order chi connectivity index (χ0) is 13.5. The Bertz CT molecular complexity index is 386. The van der Waals surface area contributed by atoms with Crippen molar-refractivity contribution in [3.05, 3.63) is 23.8 Å². The summed E-state index contributed by atoms with van der Waals surface area (Å²) < 4.78 is 0. The third-order valence-electron chi connectivity index (χ3n) is 2.67. The fourth-order valence-corrected chi connectivity index (χ4v) is 1.69. The number of hydrogen-bond donors (Lipinski definition) is 3. The highest BCUT2D eigenvalue weighted by Gasteiger charge is 2.21. The van der Waals surface area contributed by atoms with E-state index in [1.165, 1.54) is 23.1 Å². The molecule has 5 heteroatoms. The fourth-order valence-electron chi connectivity index (χ4n) is 1.69. The smallest absolute Gasteiger partial charge is 0.261 e. The van der Waals surface area contributed by atoms with E-state index in [4.69, 9.17) is 5.11 Å². The van der Waals surface area contributed by atoms with Crippen LogP contribution in [0.2, 0.25) is 0 Å². The molecule has 0 aromatic heterocycles. The van der Waals surface area contributed by atoms with E-state index in [9.17, 15) is 15.0 Å². The Morgan fingerprint density at radius 1 is 1.22 bits per heavy atom. The lowest BCUT2D eigenvalue weighted by atomic mass is 10.1. The SMILES string of the molecule is CCCCN(CCO)C(=O)c1c(O)cccc1O. The van der Waals surface area contributed by atoms with Gasteiger partial charge in [0.1, 0.15) is 17.1 Å². The van der Waals surface area contributed by atoms with Crippen LogP contribution in [-0.4, -0.2) is 45.8 Å². The summed E-state index contributed by atoms with van der Waals surface area (Å²) in [6.07, 6.45) is 1.72. The lowest BCUT2D eigenvalue weighted by Gasteiger charge is -2.22. The van der Waals surface area contributed by atoms with E-state index in [0.717, 1.165) is 12.8 Å². The molecule has 0 aliphatic rings. The predicted molar refractivity (Wildman–Crippen MR) is 67.7 cm³/mol. The molecular formula is C13H19NO4. The van der Waals surface area contributed by atoms with Gasteiger partial charge in [0.05, 0.1) is 6.61 Å². The lowest BCUT2D eigenvalue weighted by molar-refractivity contribution is 0.0713. The molecule has 0 saturated heterocycles. The van der Waals surface area contributed by atoms with E-state index in [1.54, 1.807) is 0 Å². The number of aliphatic hydroxyl groups excluding tert-OH is 1. The first-order chi connectivity index (χ1) is 8.61. The van der Waals surface area contributed by atoms with E-state index in [0.29, 0.717) is 6.54 Å². The van der Waals surface area contributed by atoms with Gasteiger partial charge in [0.25, 0.3) is 5.91 Å². The third-order valence-corrected chi connectivity index (χ3v) is 2.67. The Labute approximate surface area is 106 Å². The average molecular weight is 253 g/mol. The van der Waals surface area contributed by atoms with Gasteiger partial charge < -0.3 is 20.2 Å². The molecule has 0 radical (unpaired) electrons. The van der Waals surface area contributed by atoms with Crippen molar-refractivity contribution in [2.24, 2.45) is 0 Å². The summed E-state index contributed by atoms with van der Waals surface area (Å²) in [5.74, 6) is -0.966. The van der Waals surface area contributed by atoms with Crippen LogP contribution in [0.15, 0.2) is 18.2 Å². The number of benzene rings is 1. The summed E-state index contributed by atoms with van der Waals surface area (Å²) in [7, 11) is 0. The largest absolute Gasteiger partial charge is 0.507 e. The lowest BCUT2D eigenvalue weighted by Crippen LogP contribution is -2.34. The fraction of sp³-hybridized carbons (Fsp3) is 0.462. The number of amides is 1. The number of aliphatic hydroxyl groups is 1. The number of phenolic OH excluding ortho intramolecular Hbond substituents is 2. The van der Waals surface area contributed by atoms with Gasteiger partial charge in [-0.25, -0.2) is 0 Å². The molecule has 0 unspecified atom stereocenters. The molecule has 0 atom stereocenters. The van der Waals surface area contributed by atoms with Crippen LogP contribution in [0.4, 0.5) is 0 Å². The van der Waals surface area contributed by atoms with Gasteiger partial charge in [0.2, 0.25) is 0 Å². The average Bonchev–Trinajstić information content (AvgIpc) is 2.34. The summed E-state index contributed by atoms with van der Waals surface area (Å²) in [4.78, 5) is 13.6. The second kappa shape index (κ2) is 6.86. The summed E-state index contributed by atoms with van der Waals surface area (Å²) >= 11 is 0. The van der Waals surface area contributed by atoms with Gasteiger partial charge >= 0.3 is 0 Å². The van der Waals surface area contributed by atoms with Gasteiger partial charge in [-0.05, 0) is 18.6 Å². The van der Waals surface area contributed by atoms with Gasteiger partial charge in [-0.3, -0.25) is 4.79 Å². The number of hydrogen-bond acceptors (Lipinski definition) is 4. The Hall–Kier alpha value is -1.75. The van der Waals surface area contributed by atoms with Crippen molar-refractivity contribution in [1.29, 1.82) is 0 Å². The first kappa shape index (κ1) is 14.3. The Morgan fingerprint density at radius 2 is 1.83 bits per heavy atom. The maximum absolute atomic E-state index is 12.2. The first-order valence-electron chi connectivity index (χ1n) is 6.02. The normalized spacial score (nSPS) is 10.3. The molecule has 1 amide bonds. The zero-order valence-electron chi connectivity index (χ0n) is 10.5. The number of rotatable bonds is 6. The number of carbonyl (C=O) groups excluding carboxylic acids is 1. The molecule has 0 aliphatic heterocycles. The summed E-state index contributed by atoms with van der Waals surface area (Å²) in [5.41, 5.74) is -0.109. The van der Waals surface area contributed by atoms with Crippen LogP contribution in [0.5, 0.6) is 11.5 Å². The van der Waals surface area contributed by atoms with Gasteiger partial charge in [0.15, 0.2) is 0 Å². The van der Waals surface area contributed by atoms with Gasteiger partial charge in [-0.15, -0.1) is 0 Å². The van der Waals surface area contributed by atoms with Crippen molar-refractivity contribution in [3.63, 3.8) is 0 Å². The van der Waals surface area contributed by atoms with Crippen molar-refractivity contribution in [2.75, 3.05) is 19.7 Å². The van der Waals surface area contributed by atoms with E-state index < -0.39 is 5.91 Å². The first-order valence-corrected chi connectivity index (χ1v) is 6.02. The Morgan fingerprint density at radius 3 is 2.33 bits per heavy atom. The van der Waals surface area contributed by atoms with E-state index in [-0.39, 0.29) is 30.2 Å². The summed E-state index contributed by atoms with van der Waals surface area (Å²) in [6.45, 7) is 2.53. The molecule has 5 nitrogen and oxygen atoms in total. The van der Waals surface area contributed by atoms with Gasteiger partial charge in [-0.2, -0.15) is 0 Å². The highest BCUT2D eigenvalue weighted by molar-refractivity contribution is 5.99. The number of phenols is 2. The van der Waals surface area contributed by atoms with Crippen molar-refractivity contribution < 1.29 is 20.1 Å². The monoisotopic (exact) mass is 253 g/mol. The second-order valence-electron chi connectivity index (χ2n) is 4.04. The number of carbonyl (C=O) groups is 1.